The van der Waals surface area contributed by atoms with Crippen molar-refractivity contribution in [3.63, 3.8) is 0 Å². The van der Waals surface area contributed by atoms with E-state index >= 15 is 0 Å². The van der Waals surface area contributed by atoms with E-state index in [1.807, 2.05) is 19.4 Å². The van der Waals surface area contributed by atoms with Crippen molar-refractivity contribution in [3.8, 4) is 0 Å². The van der Waals surface area contributed by atoms with Gasteiger partial charge in [-0.05, 0) is 37.1 Å². The normalized spacial score (nSPS) is 19.2. The number of aryl methyl sites for hydroxylation is 1. The van der Waals surface area contributed by atoms with Crippen LogP contribution in [0.3, 0.4) is 0 Å². The average molecular weight is 303 g/mol. The summed E-state index contributed by atoms with van der Waals surface area (Å²) in [5, 5.41) is 10.3. The number of likely N-dealkylation sites (N-methyl/N-ethyl adjacent to an activating group) is 1. The Balaban J connectivity index is 1.52. The van der Waals surface area contributed by atoms with Crippen molar-refractivity contribution in [3.05, 3.63) is 53.9 Å². The zero-order valence-electron chi connectivity index (χ0n) is 12.8. The van der Waals surface area contributed by atoms with E-state index in [2.05, 4.69) is 14.5 Å². The number of imidazole rings is 1. The average Bonchev–Trinajstić information content (AvgIpc) is 2.95. The number of nitrogens with zero attached hydrogens (tertiary/aromatic N) is 3. The first kappa shape index (κ1) is 15.2. The highest BCUT2D eigenvalue weighted by Gasteiger charge is 2.21. The third kappa shape index (κ3) is 3.54. The zero-order valence-corrected chi connectivity index (χ0v) is 12.8. The molecule has 0 spiro atoms. The molecule has 3 rings (SSSR count). The Hall–Kier alpha value is -1.72. The van der Waals surface area contributed by atoms with Gasteiger partial charge in [-0.3, -0.25) is 0 Å². The number of rotatable bonds is 5. The van der Waals surface area contributed by atoms with Gasteiger partial charge in [0.1, 0.15) is 11.6 Å². The number of aromatic nitrogens is 2. The Kier molecular flexibility index (Phi) is 4.55. The SMILES string of the molecule is CN(C[C@H]1CCc2nccn2C1)C[C@H](O)c1ccc(F)cc1. The summed E-state index contributed by atoms with van der Waals surface area (Å²) in [6, 6.07) is 6.07. The fourth-order valence-corrected chi connectivity index (χ4v) is 3.19. The molecule has 1 aromatic carbocycles. The lowest BCUT2D eigenvalue weighted by molar-refractivity contribution is 0.113. The van der Waals surface area contributed by atoms with E-state index in [9.17, 15) is 9.50 Å². The Morgan fingerprint density at radius 1 is 1.41 bits per heavy atom. The number of aliphatic hydroxyl groups is 1. The summed E-state index contributed by atoms with van der Waals surface area (Å²) in [5.74, 6) is 1.47. The molecule has 118 valence electrons. The van der Waals surface area contributed by atoms with Gasteiger partial charge in [0.25, 0.3) is 0 Å². The van der Waals surface area contributed by atoms with Gasteiger partial charge in [0.15, 0.2) is 0 Å². The van der Waals surface area contributed by atoms with Crippen LogP contribution in [0, 0.1) is 11.7 Å². The third-order valence-electron chi connectivity index (χ3n) is 4.34. The minimum Gasteiger partial charge on any atom is -0.387 e. The minimum atomic E-state index is -0.585. The molecule has 1 aliphatic rings. The summed E-state index contributed by atoms with van der Waals surface area (Å²) in [4.78, 5) is 6.50. The van der Waals surface area contributed by atoms with Crippen molar-refractivity contribution in [2.45, 2.75) is 25.5 Å². The van der Waals surface area contributed by atoms with Crippen LogP contribution in [0.25, 0.3) is 0 Å². The standard InChI is InChI=1S/C17H22FN3O/c1-20(12-16(22)14-3-5-15(18)6-4-14)10-13-2-7-17-19-8-9-21(17)11-13/h3-6,8-9,13,16,22H,2,7,10-12H2,1H3/t13-,16+/m1/s1. The van der Waals surface area contributed by atoms with Crippen molar-refractivity contribution >= 4 is 0 Å². The molecule has 0 fully saturated rings. The maximum Gasteiger partial charge on any atom is 0.123 e. The molecule has 2 heterocycles. The topological polar surface area (TPSA) is 41.3 Å². The molecule has 4 nitrogen and oxygen atoms in total. The van der Waals surface area contributed by atoms with E-state index in [0.717, 1.165) is 31.5 Å². The van der Waals surface area contributed by atoms with Crippen LogP contribution in [0.5, 0.6) is 0 Å². The van der Waals surface area contributed by atoms with Gasteiger partial charge in [-0.2, -0.15) is 0 Å². The van der Waals surface area contributed by atoms with E-state index in [1.165, 1.54) is 18.0 Å². The van der Waals surface area contributed by atoms with Crippen molar-refractivity contribution < 1.29 is 9.50 Å². The molecule has 1 aromatic heterocycles. The largest absolute Gasteiger partial charge is 0.387 e. The van der Waals surface area contributed by atoms with Crippen LogP contribution >= 0.6 is 0 Å². The first-order valence-electron chi connectivity index (χ1n) is 7.74. The lowest BCUT2D eigenvalue weighted by Gasteiger charge is -2.29. The maximum atomic E-state index is 12.9. The molecule has 1 aliphatic heterocycles. The highest BCUT2D eigenvalue weighted by molar-refractivity contribution is 5.18. The Bertz CT molecular complexity index is 611. The molecule has 2 aromatic rings. The monoisotopic (exact) mass is 303 g/mol. The quantitative estimate of drug-likeness (QED) is 0.921. The van der Waals surface area contributed by atoms with Gasteiger partial charge in [0, 0.05) is 38.4 Å². The second kappa shape index (κ2) is 6.58. The number of hydrogen-bond acceptors (Lipinski definition) is 3. The van der Waals surface area contributed by atoms with Crippen molar-refractivity contribution in [2.75, 3.05) is 20.1 Å². The summed E-state index contributed by atoms with van der Waals surface area (Å²) in [7, 11) is 2.02. The number of benzene rings is 1. The predicted octanol–water partition coefficient (Wildman–Crippen LogP) is 2.25. The Morgan fingerprint density at radius 2 is 2.18 bits per heavy atom. The second-order valence-electron chi connectivity index (χ2n) is 6.19. The molecule has 0 saturated heterocycles. The van der Waals surface area contributed by atoms with Crippen LogP contribution in [-0.2, 0) is 13.0 Å². The van der Waals surface area contributed by atoms with Gasteiger partial charge in [-0.1, -0.05) is 12.1 Å². The summed E-state index contributed by atoms with van der Waals surface area (Å²) in [5.41, 5.74) is 0.758. The summed E-state index contributed by atoms with van der Waals surface area (Å²) in [6.45, 7) is 2.49. The summed E-state index contributed by atoms with van der Waals surface area (Å²) >= 11 is 0. The summed E-state index contributed by atoms with van der Waals surface area (Å²) < 4.78 is 15.1. The van der Waals surface area contributed by atoms with E-state index in [0.29, 0.717) is 12.5 Å². The first-order valence-corrected chi connectivity index (χ1v) is 7.74. The fourth-order valence-electron chi connectivity index (χ4n) is 3.19. The van der Waals surface area contributed by atoms with Crippen LogP contribution in [0.2, 0.25) is 0 Å². The zero-order chi connectivity index (χ0) is 15.5. The van der Waals surface area contributed by atoms with Crippen molar-refractivity contribution in [1.82, 2.24) is 14.5 Å². The Morgan fingerprint density at radius 3 is 2.95 bits per heavy atom. The van der Waals surface area contributed by atoms with E-state index in [-0.39, 0.29) is 5.82 Å². The van der Waals surface area contributed by atoms with Crippen molar-refractivity contribution in [2.24, 2.45) is 5.92 Å². The molecule has 0 aliphatic carbocycles. The highest BCUT2D eigenvalue weighted by atomic mass is 19.1. The van der Waals surface area contributed by atoms with Gasteiger partial charge in [-0.25, -0.2) is 9.37 Å². The molecule has 0 radical (unpaired) electrons. The van der Waals surface area contributed by atoms with Crippen molar-refractivity contribution in [1.29, 1.82) is 0 Å². The molecule has 0 amide bonds. The smallest absolute Gasteiger partial charge is 0.123 e. The maximum absolute atomic E-state index is 12.9. The van der Waals surface area contributed by atoms with Gasteiger partial charge in [0.2, 0.25) is 0 Å². The summed E-state index contributed by atoms with van der Waals surface area (Å²) in [6.07, 6.45) is 5.47. The van der Waals surface area contributed by atoms with Crippen LogP contribution in [0.15, 0.2) is 36.7 Å². The van der Waals surface area contributed by atoms with Gasteiger partial charge < -0.3 is 14.6 Å². The fraction of sp³-hybridized carbons (Fsp3) is 0.471. The van der Waals surface area contributed by atoms with Crippen LogP contribution < -0.4 is 0 Å². The molecular formula is C17H22FN3O. The first-order chi connectivity index (χ1) is 10.6. The molecule has 0 bridgehead atoms. The number of aliphatic hydroxyl groups excluding tert-OH is 1. The highest BCUT2D eigenvalue weighted by Crippen LogP contribution is 2.21. The van der Waals surface area contributed by atoms with Gasteiger partial charge >= 0.3 is 0 Å². The molecule has 5 heteroatoms. The lowest BCUT2D eigenvalue weighted by Crippen LogP contribution is -2.33. The molecule has 0 unspecified atom stereocenters. The van der Waals surface area contributed by atoms with E-state index < -0.39 is 6.10 Å². The number of hydrogen-bond donors (Lipinski definition) is 1. The van der Waals surface area contributed by atoms with E-state index in [4.69, 9.17) is 0 Å². The molecule has 22 heavy (non-hydrogen) atoms. The lowest BCUT2D eigenvalue weighted by atomic mass is 9.98. The molecule has 1 N–H and O–H groups in total. The van der Waals surface area contributed by atoms with Crippen LogP contribution in [-0.4, -0.2) is 39.7 Å². The number of halogens is 1. The van der Waals surface area contributed by atoms with Crippen LogP contribution in [0.4, 0.5) is 4.39 Å². The van der Waals surface area contributed by atoms with Crippen LogP contribution in [0.1, 0.15) is 23.9 Å². The predicted molar refractivity (Wildman–Crippen MR) is 82.9 cm³/mol. The minimum absolute atomic E-state index is 0.275. The van der Waals surface area contributed by atoms with Gasteiger partial charge in [0.05, 0.1) is 6.10 Å². The molecular weight excluding hydrogens is 281 g/mol. The molecule has 0 saturated carbocycles. The Labute approximate surface area is 130 Å². The van der Waals surface area contributed by atoms with Gasteiger partial charge in [-0.15, -0.1) is 0 Å². The number of fused-ring (bicyclic) bond motifs is 1. The molecule has 2 atom stereocenters. The third-order valence-corrected chi connectivity index (χ3v) is 4.34. The second-order valence-corrected chi connectivity index (χ2v) is 6.19. The van der Waals surface area contributed by atoms with E-state index in [1.54, 1.807) is 12.1 Å².